The maximum absolute atomic E-state index is 5.92. The van der Waals surface area contributed by atoms with Gasteiger partial charge in [-0.2, -0.15) is 0 Å². The standard InChI is InChI=1S/C17H23N3/c1-13(18)17-11-15-6-4-5-14(16(15)12-19-17)7-10-20-8-2-3-9-20/h4-6,11-13H,2-3,7-10,18H2,1H3/t13-/m0/s1. The summed E-state index contributed by atoms with van der Waals surface area (Å²) in [5, 5.41) is 2.53. The van der Waals surface area contributed by atoms with Crippen LogP contribution in [0.1, 0.15) is 37.1 Å². The van der Waals surface area contributed by atoms with Gasteiger partial charge in [-0.3, -0.25) is 4.98 Å². The van der Waals surface area contributed by atoms with Crippen LogP contribution >= 0.6 is 0 Å². The fraction of sp³-hybridized carbons (Fsp3) is 0.471. The number of likely N-dealkylation sites (tertiary alicyclic amines) is 1. The Morgan fingerprint density at radius 2 is 2.10 bits per heavy atom. The molecule has 2 heterocycles. The van der Waals surface area contributed by atoms with Gasteiger partial charge in [-0.05, 0) is 56.3 Å². The molecule has 106 valence electrons. The highest BCUT2D eigenvalue weighted by Crippen LogP contribution is 2.21. The predicted molar refractivity (Wildman–Crippen MR) is 83.7 cm³/mol. The Morgan fingerprint density at radius 1 is 1.30 bits per heavy atom. The molecule has 1 aliphatic heterocycles. The van der Waals surface area contributed by atoms with Crippen molar-refractivity contribution < 1.29 is 0 Å². The molecule has 0 unspecified atom stereocenters. The molecule has 0 amide bonds. The lowest BCUT2D eigenvalue weighted by Gasteiger charge is -2.15. The summed E-state index contributed by atoms with van der Waals surface area (Å²) in [5.41, 5.74) is 8.28. The summed E-state index contributed by atoms with van der Waals surface area (Å²) >= 11 is 0. The molecule has 1 aliphatic rings. The van der Waals surface area contributed by atoms with E-state index in [0.29, 0.717) is 0 Å². The van der Waals surface area contributed by atoms with Crippen LogP contribution in [0.4, 0.5) is 0 Å². The number of nitrogens with zero attached hydrogens (tertiary/aromatic N) is 2. The van der Waals surface area contributed by atoms with E-state index in [1.165, 1.54) is 42.3 Å². The lowest BCUT2D eigenvalue weighted by atomic mass is 10.0. The first-order chi connectivity index (χ1) is 9.74. The van der Waals surface area contributed by atoms with E-state index in [0.717, 1.165) is 18.7 Å². The van der Waals surface area contributed by atoms with Crippen LogP contribution in [0.3, 0.4) is 0 Å². The minimum absolute atomic E-state index is 0.00680. The minimum atomic E-state index is -0.00680. The van der Waals surface area contributed by atoms with E-state index in [-0.39, 0.29) is 6.04 Å². The van der Waals surface area contributed by atoms with Crippen molar-refractivity contribution in [3.63, 3.8) is 0 Å². The number of fused-ring (bicyclic) bond motifs is 1. The Bertz CT molecular complexity index is 586. The highest BCUT2D eigenvalue weighted by molar-refractivity contribution is 5.85. The molecule has 1 atom stereocenters. The monoisotopic (exact) mass is 269 g/mol. The fourth-order valence-electron chi connectivity index (χ4n) is 3.00. The summed E-state index contributed by atoms with van der Waals surface area (Å²) in [5.74, 6) is 0. The summed E-state index contributed by atoms with van der Waals surface area (Å²) in [6.45, 7) is 5.66. The number of hydrogen-bond donors (Lipinski definition) is 1. The van der Waals surface area contributed by atoms with Gasteiger partial charge in [0, 0.05) is 24.2 Å². The third-order valence-corrected chi connectivity index (χ3v) is 4.24. The van der Waals surface area contributed by atoms with Crippen LogP contribution in [0.2, 0.25) is 0 Å². The molecule has 0 bridgehead atoms. The van der Waals surface area contributed by atoms with Gasteiger partial charge in [0.15, 0.2) is 0 Å². The van der Waals surface area contributed by atoms with E-state index in [2.05, 4.69) is 34.1 Å². The summed E-state index contributed by atoms with van der Waals surface area (Å²) in [6.07, 6.45) is 5.81. The molecule has 2 aromatic rings. The predicted octanol–water partition coefficient (Wildman–Crippen LogP) is 2.89. The van der Waals surface area contributed by atoms with Crippen molar-refractivity contribution in [2.24, 2.45) is 5.73 Å². The lowest BCUT2D eigenvalue weighted by molar-refractivity contribution is 0.344. The van der Waals surface area contributed by atoms with E-state index in [9.17, 15) is 0 Å². The molecule has 1 saturated heterocycles. The number of pyridine rings is 1. The largest absolute Gasteiger partial charge is 0.323 e. The Balaban J connectivity index is 1.83. The second-order valence-corrected chi connectivity index (χ2v) is 5.83. The van der Waals surface area contributed by atoms with Gasteiger partial charge in [-0.1, -0.05) is 18.2 Å². The smallest absolute Gasteiger partial charge is 0.0574 e. The molecule has 2 N–H and O–H groups in total. The average molecular weight is 269 g/mol. The maximum Gasteiger partial charge on any atom is 0.0574 e. The van der Waals surface area contributed by atoms with E-state index in [1.54, 1.807) is 0 Å². The summed E-state index contributed by atoms with van der Waals surface area (Å²) in [4.78, 5) is 7.07. The summed E-state index contributed by atoms with van der Waals surface area (Å²) < 4.78 is 0. The first-order valence-corrected chi connectivity index (χ1v) is 7.59. The molecule has 3 heteroatoms. The van der Waals surface area contributed by atoms with Crippen molar-refractivity contribution in [3.8, 4) is 0 Å². The van der Waals surface area contributed by atoms with Gasteiger partial charge in [-0.25, -0.2) is 0 Å². The fourth-order valence-corrected chi connectivity index (χ4v) is 3.00. The molecule has 0 aliphatic carbocycles. The van der Waals surface area contributed by atoms with Crippen molar-refractivity contribution in [1.82, 2.24) is 9.88 Å². The Labute approximate surface area is 120 Å². The van der Waals surface area contributed by atoms with Gasteiger partial charge in [0.2, 0.25) is 0 Å². The molecular weight excluding hydrogens is 246 g/mol. The first-order valence-electron chi connectivity index (χ1n) is 7.59. The normalized spacial score (nSPS) is 17.7. The van der Waals surface area contributed by atoms with E-state index in [4.69, 9.17) is 5.73 Å². The number of nitrogens with two attached hydrogens (primary N) is 1. The third kappa shape index (κ3) is 2.84. The maximum atomic E-state index is 5.92. The third-order valence-electron chi connectivity index (χ3n) is 4.24. The zero-order chi connectivity index (χ0) is 13.9. The van der Waals surface area contributed by atoms with E-state index in [1.807, 2.05) is 13.1 Å². The first kappa shape index (κ1) is 13.5. The molecule has 1 aromatic carbocycles. The Hall–Kier alpha value is -1.45. The highest BCUT2D eigenvalue weighted by atomic mass is 15.1. The van der Waals surface area contributed by atoms with Crippen molar-refractivity contribution in [1.29, 1.82) is 0 Å². The van der Waals surface area contributed by atoms with Crippen molar-refractivity contribution in [3.05, 3.63) is 41.7 Å². The number of aromatic nitrogens is 1. The Kier molecular flexibility index (Phi) is 3.99. The van der Waals surface area contributed by atoms with Crippen molar-refractivity contribution in [2.75, 3.05) is 19.6 Å². The minimum Gasteiger partial charge on any atom is -0.323 e. The molecule has 0 saturated carbocycles. The summed E-state index contributed by atoms with van der Waals surface area (Å²) in [7, 11) is 0. The molecule has 20 heavy (non-hydrogen) atoms. The lowest BCUT2D eigenvalue weighted by Crippen LogP contribution is -2.22. The van der Waals surface area contributed by atoms with Gasteiger partial charge in [-0.15, -0.1) is 0 Å². The number of rotatable bonds is 4. The van der Waals surface area contributed by atoms with Crippen molar-refractivity contribution in [2.45, 2.75) is 32.2 Å². The Morgan fingerprint density at radius 3 is 2.85 bits per heavy atom. The molecule has 0 radical (unpaired) electrons. The average Bonchev–Trinajstić information content (AvgIpc) is 2.97. The van der Waals surface area contributed by atoms with E-state index >= 15 is 0 Å². The van der Waals surface area contributed by atoms with Crippen LogP contribution in [0.15, 0.2) is 30.5 Å². The number of benzene rings is 1. The van der Waals surface area contributed by atoms with Crippen LogP contribution in [0.5, 0.6) is 0 Å². The molecule has 1 aromatic heterocycles. The second-order valence-electron chi connectivity index (χ2n) is 5.83. The van der Waals surface area contributed by atoms with Crippen LogP contribution in [-0.2, 0) is 6.42 Å². The van der Waals surface area contributed by atoms with Crippen LogP contribution < -0.4 is 5.73 Å². The van der Waals surface area contributed by atoms with E-state index < -0.39 is 0 Å². The molecule has 3 nitrogen and oxygen atoms in total. The van der Waals surface area contributed by atoms with Crippen molar-refractivity contribution >= 4 is 10.8 Å². The quantitative estimate of drug-likeness (QED) is 0.928. The van der Waals surface area contributed by atoms with Crippen LogP contribution in [0.25, 0.3) is 10.8 Å². The zero-order valence-electron chi connectivity index (χ0n) is 12.2. The highest BCUT2D eigenvalue weighted by Gasteiger charge is 2.12. The molecular formula is C17H23N3. The topological polar surface area (TPSA) is 42.1 Å². The van der Waals surface area contributed by atoms with Gasteiger partial charge < -0.3 is 10.6 Å². The van der Waals surface area contributed by atoms with Gasteiger partial charge in [0.05, 0.1) is 5.69 Å². The summed E-state index contributed by atoms with van der Waals surface area (Å²) in [6, 6.07) is 8.65. The van der Waals surface area contributed by atoms with Gasteiger partial charge in [0.25, 0.3) is 0 Å². The van der Waals surface area contributed by atoms with Gasteiger partial charge >= 0.3 is 0 Å². The molecule has 0 spiro atoms. The SMILES string of the molecule is C[C@H](N)c1cc2cccc(CCN3CCCC3)c2cn1. The number of hydrogen-bond acceptors (Lipinski definition) is 3. The zero-order valence-corrected chi connectivity index (χ0v) is 12.2. The van der Waals surface area contributed by atoms with Gasteiger partial charge in [0.1, 0.15) is 0 Å². The molecule has 1 fully saturated rings. The van der Waals surface area contributed by atoms with Crippen LogP contribution in [0, 0.1) is 0 Å². The second kappa shape index (κ2) is 5.90. The molecule has 3 rings (SSSR count). The van der Waals surface area contributed by atoms with Crippen LogP contribution in [-0.4, -0.2) is 29.5 Å².